The van der Waals surface area contributed by atoms with Crippen LogP contribution in [0, 0.1) is 5.92 Å². The molecule has 2 heterocycles. The van der Waals surface area contributed by atoms with Crippen molar-refractivity contribution in [2.75, 3.05) is 31.7 Å². The molecular formula is C16H23N3O3. The number of ether oxygens (including phenoxy) is 2. The van der Waals surface area contributed by atoms with E-state index in [1.165, 1.54) is 0 Å². The van der Waals surface area contributed by atoms with Crippen LogP contribution in [0.1, 0.15) is 26.2 Å². The van der Waals surface area contributed by atoms with Crippen LogP contribution in [0.3, 0.4) is 0 Å². The number of carbonyl (C=O) groups is 1. The van der Waals surface area contributed by atoms with Crippen LogP contribution in [0.25, 0.3) is 0 Å². The summed E-state index contributed by atoms with van der Waals surface area (Å²) < 4.78 is 10.9. The minimum absolute atomic E-state index is 0.0663. The summed E-state index contributed by atoms with van der Waals surface area (Å²) in [6.45, 7) is 4.75. The van der Waals surface area contributed by atoms with Crippen molar-refractivity contribution in [1.82, 2.24) is 9.88 Å². The number of amides is 2. The van der Waals surface area contributed by atoms with Gasteiger partial charge in [-0.05, 0) is 38.3 Å². The van der Waals surface area contributed by atoms with Crippen LogP contribution < -0.4 is 10.1 Å². The van der Waals surface area contributed by atoms with Crippen LogP contribution in [0.2, 0.25) is 0 Å². The van der Waals surface area contributed by atoms with E-state index in [9.17, 15) is 4.79 Å². The van der Waals surface area contributed by atoms with Gasteiger partial charge in [0.1, 0.15) is 5.69 Å². The fourth-order valence-electron chi connectivity index (χ4n) is 2.71. The highest BCUT2D eigenvalue weighted by atomic mass is 16.5. The van der Waals surface area contributed by atoms with Crippen LogP contribution in [0.4, 0.5) is 10.5 Å². The first kappa shape index (κ1) is 15.1. The average molecular weight is 305 g/mol. The van der Waals surface area contributed by atoms with Gasteiger partial charge in [0, 0.05) is 31.3 Å². The monoisotopic (exact) mass is 305 g/mol. The second kappa shape index (κ2) is 6.96. The molecule has 1 aliphatic heterocycles. The second-order valence-electron chi connectivity index (χ2n) is 5.83. The zero-order valence-electron chi connectivity index (χ0n) is 13.0. The summed E-state index contributed by atoms with van der Waals surface area (Å²) in [4.78, 5) is 18.7. The number of nitrogens with zero attached hydrogens (tertiary/aromatic N) is 2. The van der Waals surface area contributed by atoms with Gasteiger partial charge < -0.3 is 19.7 Å². The third-order valence-electron chi connectivity index (χ3n) is 4.02. The Morgan fingerprint density at radius 1 is 1.50 bits per heavy atom. The van der Waals surface area contributed by atoms with Crippen LogP contribution >= 0.6 is 0 Å². The summed E-state index contributed by atoms with van der Waals surface area (Å²) in [6, 6.07) is 3.92. The minimum atomic E-state index is -0.0663. The first-order valence-electron chi connectivity index (χ1n) is 8.01. The lowest BCUT2D eigenvalue weighted by molar-refractivity contribution is 0.167. The molecule has 0 aromatic carbocycles. The summed E-state index contributed by atoms with van der Waals surface area (Å²) in [5, 5.41) is 2.95. The number of pyridine rings is 1. The van der Waals surface area contributed by atoms with Gasteiger partial charge in [-0.15, -0.1) is 0 Å². The number of hydrogen-bond acceptors (Lipinski definition) is 4. The molecule has 1 N–H and O–H groups in total. The molecule has 2 amide bonds. The van der Waals surface area contributed by atoms with Crippen molar-refractivity contribution in [2.24, 2.45) is 5.92 Å². The molecule has 120 valence electrons. The van der Waals surface area contributed by atoms with E-state index in [0.29, 0.717) is 30.1 Å². The number of nitrogens with one attached hydrogen (secondary N) is 1. The predicted molar refractivity (Wildman–Crippen MR) is 83.1 cm³/mol. The number of carbonyl (C=O) groups excluding carboxylic acids is 1. The van der Waals surface area contributed by atoms with Crippen molar-refractivity contribution in [3.8, 4) is 5.88 Å². The van der Waals surface area contributed by atoms with Gasteiger partial charge in [0.15, 0.2) is 0 Å². The van der Waals surface area contributed by atoms with E-state index in [0.717, 1.165) is 39.0 Å². The molecule has 0 radical (unpaired) electrons. The summed E-state index contributed by atoms with van der Waals surface area (Å²) in [6.07, 6.45) is 4.88. The van der Waals surface area contributed by atoms with Crippen LogP contribution in [-0.2, 0) is 4.74 Å². The van der Waals surface area contributed by atoms with Crippen molar-refractivity contribution < 1.29 is 14.3 Å². The molecule has 0 spiro atoms. The Kier molecular flexibility index (Phi) is 4.77. The van der Waals surface area contributed by atoms with Gasteiger partial charge in [-0.2, -0.15) is 0 Å². The zero-order chi connectivity index (χ0) is 15.4. The average Bonchev–Trinajstić information content (AvgIpc) is 3.23. The van der Waals surface area contributed by atoms with E-state index in [4.69, 9.17) is 9.47 Å². The maximum atomic E-state index is 12.6. The molecular weight excluding hydrogens is 282 g/mol. The van der Waals surface area contributed by atoms with Crippen molar-refractivity contribution in [2.45, 2.75) is 32.2 Å². The van der Waals surface area contributed by atoms with E-state index in [2.05, 4.69) is 10.3 Å². The van der Waals surface area contributed by atoms with Crippen molar-refractivity contribution in [1.29, 1.82) is 0 Å². The number of rotatable bonds is 6. The van der Waals surface area contributed by atoms with E-state index < -0.39 is 0 Å². The second-order valence-corrected chi connectivity index (χ2v) is 5.83. The van der Waals surface area contributed by atoms with Gasteiger partial charge in [0.25, 0.3) is 0 Å². The third-order valence-corrected chi connectivity index (χ3v) is 4.02. The van der Waals surface area contributed by atoms with Crippen molar-refractivity contribution in [3.05, 3.63) is 18.3 Å². The Hall–Kier alpha value is -1.82. The van der Waals surface area contributed by atoms with Gasteiger partial charge in [0.05, 0.1) is 13.2 Å². The summed E-state index contributed by atoms with van der Waals surface area (Å²) in [5.41, 5.74) is 0.627. The van der Waals surface area contributed by atoms with Gasteiger partial charge in [-0.1, -0.05) is 0 Å². The highest BCUT2D eigenvalue weighted by Gasteiger charge is 2.35. The predicted octanol–water partition coefficient (Wildman–Crippen LogP) is 2.51. The molecule has 6 heteroatoms. The first-order valence-corrected chi connectivity index (χ1v) is 8.01. The summed E-state index contributed by atoms with van der Waals surface area (Å²) >= 11 is 0. The molecule has 1 aromatic rings. The van der Waals surface area contributed by atoms with Crippen LogP contribution in [-0.4, -0.2) is 48.3 Å². The summed E-state index contributed by atoms with van der Waals surface area (Å²) in [5.74, 6) is 0.921. The lowest BCUT2D eigenvalue weighted by Crippen LogP contribution is -2.40. The largest absolute Gasteiger partial charge is 0.476 e. The molecule has 1 saturated heterocycles. The van der Waals surface area contributed by atoms with Crippen LogP contribution in [0.15, 0.2) is 18.3 Å². The quantitative estimate of drug-likeness (QED) is 0.877. The SMILES string of the molecule is CCOc1ncccc1NC(=O)N(C[C@H]1CCOC1)C1CC1. The minimum Gasteiger partial charge on any atom is -0.476 e. The fraction of sp³-hybridized carbons (Fsp3) is 0.625. The van der Waals surface area contributed by atoms with Gasteiger partial charge in [0.2, 0.25) is 5.88 Å². The first-order chi connectivity index (χ1) is 10.8. The molecule has 22 heavy (non-hydrogen) atoms. The smallest absolute Gasteiger partial charge is 0.322 e. The number of hydrogen-bond donors (Lipinski definition) is 1. The van der Waals surface area contributed by atoms with Gasteiger partial charge in [-0.25, -0.2) is 9.78 Å². The molecule has 1 atom stereocenters. The van der Waals surface area contributed by atoms with Gasteiger partial charge in [-0.3, -0.25) is 0 Å². The highest BCUT2D eigenvalue weighted by Crippen LogP contribution is 2.30. The van der Waals surface area contributed by atoms with E-state index in [1.54, 1.807) is 12.3 Å². The Morgan fingerprint density at radius 2 is 2.36 bits per heavy atom. The maximum Gasteiger partial charge on any atom is 0.322 e. The molecule has 1 aliphatic carbocycles. The molecule has 0 unspecified atom stereocenters. The molecule has 0 bridgehead atoms. The number of urea groups is 1. The Labute approximate surface area is 130 Å². The molecule has 1 aromatic heterocycles. The van der Waals surface area contributed by atoms with E-state index in [-0.39, 0.29) is 6.03 Å². The summed E-state index contributed by atoms with van der Waals surface area (Å²) in [7, 11) is 0. The van der Waals surface area contributed by atoms with Crippen molar-refractivity contribution in [3.63, 3.8) is 0 Å². The Balaban J connectivity index is 1.65. The zero-order valence-corrected chi connectivity index (χ0v) is 13.0. The van der Waals surface area contributed by atoms with Crippen LogP contribution in [0.5, 0.6) is 5.88 Å². The number of aromatic nitrogens is 1. The standard InChI is InChI=1S/C16H23N3O3/c1-2-22-15-14(4-3-8-17-15)18-16(20)19(13-5-6-13)10-12-7-9-21-11-12/h3-4,8,12-13H,2,5-7,9-11H2,1H3,(H,18,20)/t12-/m1/s1. The normalized spacial score (nSPS) is 20.7. The van der Waals surface area contributed by atoms with Gasteiger partial charge >= 0.3 is 6.03 Å². The fourth-order valence-corrected chi connectivity index (χ4v) is 2.71. The maximum absolute atomic E-state index is 12.6. The highest BCUT2D eigenvalue weighted by molar-refractivity contribution is 5.91. The molecule has 3 rings (SSSR count). The molecule has 6 nitrogen and oxygen atoms in total. The Morgan fingerprint density at radius 3 is 3.05 bits per heavy atom. The molecule has 2 aliphatic rings. The number of anilines is 1. The lowest BCUT2D eigenvalue weighted by Gasteiger charge is -2.25. The lowest BCUT2D eigenvalue weighted by atomic mass is 10.1. The van der Waals surface area contributed by atoms with E-state index in [1.807, 2.05) is 17.9 Å². The molecule has 1 saturated carbocycles. The topological polar surface area (TPSA) is 63.7 Å². The third kappa shape index (κ3) is 3.68. The molecule has 2 fully saturated rings. The van der Waals surface area contributed by atoms with Crippen molar-refractivity contribution >= 4 is 11.7 Å². The Bertz CT molecular complexity index is 513. The van der Waals surface area contributed by atoms with E-state index >= 15 is 0 Å².